The van der Waals surface area contributed by atoms with E-state index in [9.17, 15) is 4.79 Å². The van der Waals surface area contributed by atoms with Crippen molar-refractivity contribution in [2.24, 2.45) is 0 Å². The van der Waals surface area contributed by atoms with Crippen LogP contribution in [0.25, 0.3) is 10.8 Å². The first-order valence-corrected chi connectivity index (χ1v) is 10.3. The second kappa shape index (κ2) is 8.81. The standard InChI is InChI=1S/C22H29N3O2/c26-20(7-12-25-10-1-2-11-25)15-19-13-18-14-22(4-3-17(18)16-24-19)27-21-5-8-23-9-6-21/h3-4,13-14,16,21,23H,1-2,5-12,15H2. The third-order valence-electron chi connectivity index (χ3n) is 5.62. The van der Waals surface area contributed by atoms with Crippen LogP contribution < -0.4 is 10.1 Å². The molecule has 0 amide bonds. The molecule has 0 atom stereocenters. The maximum Gasteiger partial charge on any atom is 0.140 e. The minimum Gasteiger partial charge on any atom is -0.490 e. The molecule has 1 aromatic carbocycles. The monoisotopic (exact) mass is 367 g/mol. The summed E-state index contributed by atoms with van der Waals surface area (Å²) in [5, 5.41) is 5.54. The van der Waals surface area contributed by atoms with Crippen molar-refractivity contribution in [1.82, 2.24) is 15.2 Å². The molecule has 0 saturated carbocycles. The van der Waals surface area contributed by atoms with Crippen molar-refractivity contribution in [2.45, 2.75) is 44.6 Å². The van der Waals surface area contributed by atoms with Crippen LogP contribution in [-0.4, -0.2) is 54.5 Å². The molecule has 2 aliphatic rings. The molecule has 0 aliphatic carbocycles. The molecule has 2 saturated heterocycles. The van der Waals surface area contributed by atoms with E-state index < -0.39 is 0 Å². The number of ketones is 1. The Kier molecular flexibility index (Phi) is 6.00. The van der Waals surface area contributed by atoms with Crippen molar-refractivity contribution in [3.05, 3.63) is 36.2 Å². The highest BCUT2D eigenvalue weighted by atomic mass is 16.5. The normalized spacial score (nSPS) is 18.8. The number of carbonyl (C=O) groups excluding carboxylic acids is 1. The van der Waals surface area contributed by atoms with Crippen molar-refractivity contribution in [2.75, 3.05) is 32.7 Å². The van der Waals surface area contributed by atoms with Crippen molar-refractivity contribution in [1.29, 1.82) is 0 Å². The van der Waals surface area contributed by atoms with Crippen LogP contribution in [0.15, 0.2) is 30.5 Å². The summed E-state index contributed by atoms with van der Waals surface area (Å²) >= 11 is 0. The fourth-order valence-corrected chi connectivity index (χ4v) is 4.02. The van der Waals surface area contributed by atoms with Crippen molar-refractivity contribution in [3.8, 4) is 5.75 Å². The lowest BCUT2D eigenvalue weighted by molar-refractivity contribution is -0.118. The van der Waals surface area contributed by atoms with Crippen molar-refractivity contribution >= 4 is 16.6 Å². The van der Waals surface area contributed by atoms with E-state index in [4.69, 9.17) is 4.74 Å². The minimum atomic E-state index is 0.274. The Hall–Kier alpha value is -1.98. The fourth-order valence-electron chi connectivity index (χ4n) is 4.02. The maximum atomic E-state index is 12.3. The molecule has 0 radical (unpaired) electrons. The number of benzene rings is 1. The number of aromatic nitrogens is 1. The Morgan fingerprint density at radius 2 is 1.96 bits per heavy atom. The Morgan fingerprint density at radius 1 is 1.15 bits per heavy atom. The molecule has 0 unspecified atom stereocenters. The number of carbonyl (C=O) groups is 1. The number of hydrogen-bond donors (Lipinski definition) is 1. The lowest BCUT2D eigenvalue weighted by Crippen LogP contribution is -2.34. The van der Waals surface area contributed by atoms with Gasteiger partial charge in [0.2, 0.25) is 0 Å². The first kappa shape index (κ1) is 18.4. The Labute approximate surface area is 161 Å². The van der Waals surface area contributed by atoms with E-state index in [2.05, 4.69) is 27.3 Å². The number of hydrogen-bond acceptors (Lipinski definition) is 5. The fraction of sp³-hybridized carbons (Fsp3) is 0.545. The molecule has 27 heavy (non-hydrogen) atoms. The van der Waals surface area contributed by atoms with Gasteiger partial charge >= 0.3 is 0 Å². The second-order valence-electron chi connectivity index (χ2n) is 7.77. The SMILES string of the molecule is O=C(CCN1CCCC1)Cc1cc2cc(OC3CCNCC3)ccc2cn1. The molecule has 0 spiro atoms. The summed E-state index contributed by atoms with van der Waals surface area (Å²) in [6.07, 6.45) is 7.83. The lowest BCUT2D eigenvalue weighted by atomic mass is 10.1. The first-order valence-electron chi connectivity index (χ1n) is 10.3. The van der Waals surface area contributed by atoms with Gasteiger partial charge in [0.15, 0.2) is 0 Å². The maximum absolute atomic E-state index is 12.3. The van der Waals surface area contributed by atoms with Gasteiger partial charge in [0.05, 0.1) is 0 Å². The average molecular weight is 367 g/mol. The average Bonchev–Trinajstić information content (AvgIpc) is 3.21. The molecule has 4 rings (SSSR count). The van der Waals surface area contributed by atoms with Crippen LogP contribution in [-0.2, 0) is 11.2 Å². The van der Waals surface area contributed by atoms with Gasteiger partial charge in [0.25, 0.3) is 0 Å². The number of Topliss-reactive ketones (excluding diaryl/α,β-unsaturated/α-hetero) is 1. The van der Waals surface area contributed by atoms with E-state index in [1.807, 2.05) is 18.3 Å². The van der Waals surface area contributed by atoms with Gasteiger partial charge in [-0.05, 0) is 81.5 Å². The van der Waals surface area contributed by atoms with Gasteiger partial charge in [-0.25, -0.2) is 0 Å². The van der Waals surface area contributed by atoms with Gasteiger partial charge in [-0.3, -0.25) is 9.78 Å². The van der Waals surface area contributed by atoms with Crippen LogP contribution in [0, 0.1) is 0 Å². The molecule has 3 heterocycles. The van der Waals surface area contributed by atoms with E-state index in [1.54, 1.807) is 0 Å². The largest absolute Gasteiger partial charge is 0.490 e. The summed E-state index contributed by atoms with van der Waals surface area (Å²) < 4.78 is 6.15. The molecular weight excluding hydrogens is 338 g/mol. The molecule has 5 nitrogen and oxygen atoms in total. The van der Waals surface area contributed by atoms with Crippen LogP contribution in [0.3, 0.4) is 0 Å². The topological polar surface area (TPSA) is 54.5 Å². The van der Waals surface area contributed by atoms with Crippen molar-refractivity contribution < 1.29 is 9.53 Å². The molecule has 1 N–H and O–H groups in total. The number of nitrogens with zero attached hydrogens (tertiary/aromatic N) is 2. The van der Waals surface area contributed by atoms with Crippen LogP contribution >= 0.6 is 0 Å². The molecule has 1 aromatic heterocycles. The predicted octanol–water partition coefficient (Wildman–Crippen LogP) is 2.96. The van der Waals surface area contributed by atoms with E-state index >= 15 is 0 Å². The zero-order chi connectivity index (χ0) is 18.5. The van der Waals surface area contributed by atoms with Crippen LogP contribution in [0.2, 0.25) is 0 Å². The quantitative estimate of drug-likeness (QED) is 0.815. The Bertz CT molecular complexity index is 780. The van der Waals surface area contributed by atoms with Gasteiger partial charge in [-0.1, -0.05) is 0 Å². The zero-order valence-electron chi connectivity index (χ0n) is 16.0. The molecule has 2 aliphatic heterocycles. The number of fused-ring (bicyclic) bond motifs is 1. The summed E-state index contributed by atoms with van der Waals surface area (Å²) in [4.78, 5) is 19.2. The highest BCUT2D eigenvalue weighted by molar-refractivity contribution is 5.85. The zero-order valence-corrected chi connectivity index (χ0v) is 16.0. The molecule has 2 fully saturated rings. The van der Waals surface area contributed by atoms with Crippen molar-refractivity contribution in [3.63, 3.8) is 0 Å². The predicted molar refractivity (Wildman–Crippen MR) is 107 cm³/mol. The van der Waals surface area contributed by atoms with E-state index in [0.717, 1.165) is 67.8 Å². The van der Waals surface area contributed by atoms with E-state index in [-0.39, 0.29) is 11.9 Å². The number of ether oxygens (including phenoxy) is 1. The Morgan fingerprint density at radius 3 is 2.78 bits per heavy atom. The number of piperidine rings is 1. The number of likely N-dealkylation sites (tertiary alicyclic amines) is 1. The Balaban J connectivity index is 1.38. The lowest BCUT2D eigenvalue weighted by Gasteiger charge is -2.24. The molecular formula is C22H29N3O2. The molecule has 5 heteroatoms. The summed E-state index contributed by atoms with van der Waals surface area (Å²) in [5.41, 5.74) is 0.855. The number of nitrogens with one attached hydrogen (secondary N) is 1. The van der Waals surface area contributed by atoms with E-state index in [0.29, 0.717) is 12.8 Å². The third-order valence-corrected chi connectivity index (χ3v) is 5.62. The highest BCUT2D eigenvalue weighted by Gasteiger charge is 2.15. The molecule has 0 bridgehead atoms. The van der Waals surface area contributed by atoms with E-state index in [1.165, 1.54) is 12.8 Å². The van der Waals surface area contributed by atoms with Crippen LogP contribution in [0.4, 0.5) is 0 Å². The summed E-state index contributed by atoms with van der Waals surface area (Å²) in [6.45, 7) is 5.21. The van der Waals surface area contributed by atoms with Gasteiger partial charge in [-0.2, -0.15) is 0 Å². The number of rotatable bonds is 7. The van der Waals surface area contributed by atoms with Gasteiger partial charge in [0, 0.05) is 36.7 Å². The minimum absolute atomic E-state index is 0.274. The van der Waals surface area contributed by atoms with Crippen LogP contribution in [0.5, 0.6) is 5.75 Å². The first-order chi connectivity index (χ1) is 13.3. The summed E-state index contributed by atoms with van der Waals surface area (Å²) in [5.74, 6) is 1.18. The third kappa shape index (κ3) is 5.05. The van der Waals surface area contributed by atoms with Gasteiger partial charge in [0.1, 0.15) is 17.6 Å². The molecule has 144 valence electrons. The summed E-state index contributed by atoms with van der Waals surface area (Å²) in [7, 11) is 0. The highest BCUT2D eigenvalue weighted by Crippen LogP contribution is 2.23. The van der Waals surface area contributed by atoms with Crippen LogP contribution in [0.1, 0.15) is 37.8 Å². The molecule has 2 aromatic rings. The van der Waals surface area contributed by atoms with Gasteiger partial charge in [-0.15, -0.1) is 0 Å². The number of pyridine rings is 1. The summed E-state index contributed by atoms with van der Waals surface area (Å²) in [6, 6.07) is 8.19. The second-order valence-corrected chi connectivity index (χ2v) is 7.77. The van der Waals surface area contributed by atoms with Gasteiger partial charge < -0.3 is 15.0 Å². The smallest absolute Gasteiger partial charge is 0.140 e.